The number of carbonyl (C=O) groups excluding carboxylic acids is 1. The van der Waals surface area contributed by atoms with Crippen molar-refractivity contribution in [3.05, 3.63) is 87.6 Å². The number of hydrogen-bond acceptors (Lipinski definition) is 4. The fourth-order valence-corrected chi connectivity index (χ4v) is 3.61. The topological polar surface area (TPSA) is 100 Å². The Morgan fingerprint density at radius 1 is 1.23 bits per heavy atom. The number of urea groups is 1. The first-order valence-corrected chi connectivity index (χ1v) is 10.6. The maximum Gasteiger partial charge on any atom is 0.419 e. The molecule has 0 aliphatic heterocycles. The number of nitrogens with zero attached hydrogens (tertiary/aromatic N) is 1. The van der Waals surface area contributed by atoms with E-state index in [0.717, 1.165) is 11.6 Å². The molecule has 0 unspecified atom stereocenters. The highest BCUT2D eigenvalue weighted by Crippen LogP contribution is 2.33. The smallest absolute Gasteiger partial charge is 0.419 e. The van der Waals surface area contributed by atoms with Crippen LogP contribution in [0.4, 0.5) is 28.0 Å². The standard InChI is InChI=1S/C23H19F4N3O4S/c24-16-8-7-13(10-15(16)23(25,26)27)18(11-20(31)32)29-22(34)28-17-5-3-9-30(21(17)33)12-14-4-1-2-6-19(14)35/h1-5,7-10,18H,6,11-12H2,(H,31,32)(H2,28,29,34)/t18-/m0/s1. The molecule has 0 radical (unpaired) electrons. The van der Waals surface area contributed by atoms with Gasteiger partial charge in [0, 0.05) is 17.5 Å². The fraction of sp³-hybridized carbons (Fsp3) is 0.217. The fourth-order valence-electron chi connectivity index (χ4n) is 3.38. The van der Waals surface area contributed by atoms with Gasteiger partial charge in [0.05, 0.1) is 24.6 Å². The van der Waals surface area contributed by atoms with Crippen LogP contribution < -0.4 is 16.2 Å². The van der Waals surface area contributed by atoms with Gasteiger partial charge in [0.2, 0.25) is 0 Å². The summed E-state index contributed by atoms with van der Waals surface area (Å²) in [5.74, 6) is -2.95. The maximum atomic E-state index is 13.6. The molecule has 1 aromatic carbocycles. The first-order chi connectivity index (χ1) is 16.5. The van der Waals surface area contributed by atoms with Crippen LogP contribution in [-0.4, -0.2) is 26.5 Å². The number of amides is 2. The molecular weight excluding hydrogens is 490 g/mol. The molecule has 3 N–H and O–H groups in total. The molecule has 2 aromatic rings. The summed E-state index contributed by atoms with van der Waals surface area (Å²) in [5.41, 5.74) is -1.83. The van der Waals surface area contributed by atoms with E-state index in [-0.39, 0.29) is 17.8 Å². The average molecular weight is 509 g/mol. The predicted molar refractivity (Wildman–Crippen MR) is 124 cm³/mol. The van der Waals surface area contributed by atoms with Crippen molar-refractivity contribution < 1.29 is 32.3 Å². The third kappa shape index (κ3) is 6.63. The molecule has 1 heterocycles. The Kier molecular flexibility index (Phi) is 7.85. The van der Waals surface area contributed by atoms with Crippen LogP contribution in [0.2, 0.25) is 0 Å². The van der Waals surface area contributed by atoms with Gasteiger partial charge in [-0.2, -0.15) is 13.2 Å². The molecule has 2 amide bonds. The van der Waals surface area contributed by atoms with Crippen molar-refractivity contribution in [2.24, 2.45) is 0 Å². The number of nitrogens with one attached hydrogen (secondary N) is 2. The minimum absolute atomic E-state index is 0.146. The summed E-state index contributed by atoms with van der Waals surface area (Å²) in [7, 11) is 0. The van der Waals surface area contributed by atoms with Crippen molar-refractivity contribution in [1.82, 2.24) is 9.88 Å². The lowest BCUT2D eigenvalue weighted by Crippen LogP contribution is -2.36. The van der Waals surface area contributed by atoms with Crippen LogP contribution in [0.3, 0.4) is 0 Å². The maximum absolute atomic E-state index is 13.6. The third-order valence-electron chi connectivity index (χ3n) is 5.09. The number of aromatic nitrogens is 1. The van der Waals surface area contributed by atoms with Gasteiger partial charge in [0.15, 0.2) is 0 Å². The van der Waals surface area contributed by atoms with Gasteiger partial charge in [-0.15, -0.1) is 0 Å². The molecule has 0 spiro atoms. The Balaban J connectivity index is 1.81. The quantitative estimate of drug-likeness (QED) is 0.374. The van der Waals surface area contributed by atoms with Crippen LogP contribution in [0.25, 0.3) is 0 Å². The second kappa shape index (κ2) is 10.6. The van der Waals surface area contributed by atoms with Gasteiger partial charge in [-0.05, 0) is 35.4 Å². The molecule has 1 atom stereocenters. The number of pyridine rings is 1. The van der Waals surface area contributed by atoms with E-state index in [1.165, 1.54) is 22.9 Å². The summed E-state index contributed by atoms with van der Waals surface area (Å²) < 4.78 is 54.2. The van der Waals surface area contributed by atoms with Gasteiger partial charge in [-0.3, -0.25) is 9.59 Å². The lowest BCUT2D eigenvalue weighted by Gasteiger charge is -2.20. The zero-order valence-electron chi connectivity index (χ0n) is 17.9. The zero-order chi connectivity index (χ0) is 25.8. The Bertz CT molecular complexity index is 1280. The minimum atomic E-state index is -5.02. The number of thiocarbonyl (C=S) groups is 1. The van der Waals surface area contributed by atoms with Crippen molar-refractivity contribution in [3.63, 3.8) is 0 Å². The second-order valence-electron chi connectivity index (χ2n) is 7.59. The van der Waals surface area contributed by atoms with Crippen molar-refractivity contribution in [1.29, 1.82) is 0 Å². The van der Waals surface area contributed by atoms with Crippen LogP contribution in [0.1, 0.15) is 30.0 Å². The summed E-state index contributed by atoms with van der Waals surface area (Å²) in [6.07, 6.45) is 1.74. The van der Waals surface area contributed by atoms with E-state index < -0.39 is 47.6 Å². The molecule has 1 aliphatic rings. The van der Waals surface area contributed by atoms with Crippen molar-refractivity contribution >= 4 is 34.8 Å². The predicted octanol–water partition coefficient (Wildman–Crippen LogP) is 4.60. The van der Waals surface area contributed by atoms with Gasteiger partial charge in [0.1, 0.15) is 11.5 Å². The summed E-state index contributed by atoms with van der Waals surface area (Å²) in [6.45, 7) is 0.163. The number of rotatable bonds is 7. The van der Waals surface area contributed by atoms with E-state index >= 15 is 0 Å². The third-order valence-corrected chi connectivity index (χ3v) is 5.52. The van der Waals surface area contributed by atoms with E-state index in [9.17, 15) is 31.9 Å². The minimum Gasteiger partial charge on any atom is -0.481 e. The molecular formula is C23H19F4N3O4S. The lowest BCUT2D eigenvalue weighted by molar-refractivity contribution is -0.140. The number of allylic oxidation sites excluding steroid dienone is 4. The summed E-state index contributed by atoms with van der Waals surface area (Å²) in [4.78, 5) is 37.2. The lowest BCUT2D eigenvalue weighted by atomic mass is 10.0. The molecule has 0 fully saturated rings. The monoisotopic (exact) mass is 509 g/mol. The summed E-state index contributed by atoms with van der Waals surface area (Å²) in [6, 6.07) is 2.29. The summed E-state index contributed by atoms with van der Waals surface area (Å²) >= 11 is 5.28. The normalized spacial score (nSPS) is 14.3. The molecule has 1 aliphatic carbocycles. The first kappa shape index (κ1) is 25.8. The van der Waals surface area contributed by atoms with Gasteiger partial charge in [-0.1, -0.05) is 36.5 Å². The van der Waals surface area contributed by atoms with Crippen LogP contribution >= 0.6 is 12.2 Å². The van der Waals surface area contributed by atoms with Crippen LogP contribution in [0, 0.1) is 5.82 Å². The highest BCUT2D eigenvalue weighted by atomic mass is 32.1. The van der Waals surface area contributed by atoms with E-state index in [2.05, 4.69) is 10.6 Å². The highest BCUT2D eigenvalue weighted by molar-refractivity contribution is 7.80. The van der Waals surface area contributed by atoms with Crippen molar-refractivity contribution in [2.75, 3.05) is 5.32 Å². The number of halogens is 4. The van der Waals surface area contributed by atoms with Crippen LogP contribution in [0.5, 0.6) is 0 Å². The Morgan fingerprint density at radius 2 is 1.97 bits per heavy atom. The molecule has 7 nitrogen and oxygen atoms in total. The van der Waals surface area contributed by atoms with E-state index in [0.29, 0.717) is 23.4 Å². The molecule has 184 valence electrons. The zero-order valence-corrected chi connectivity index (χ0v) is 18.8. The van der Waals surface area contributed by atoms with E-state index in [1.54, 1.807) is 6.08 Å². The number of anilines is 1. The van der Waals surface area contributed by atoms with Crippen molar-refractivity contribution in [2.45, 2.75) is 31.6 Å². The molecule has 35 heavy (non-hydrogen) atoms. The van der Waals surface area contributed by atoms with Gasteiger partial charge >= 0.3 is 18.2 Å². The molecule has 1 aromatic heterocycles. The number of carboxylic acids is 1. The largest absolute Gasteiger partial charge is 0.481 e. The van der Waals surface area contributed by atoms with E-state index in [1.807, 2.05) is 12.2 Å². The Morgan fingerprint density at radius 3 is 2.63 bits per heavy atom. The highest BCUT2D eigenvalue weighted by Gasteiger charge is 2.35. The van der Waals surface area contributed by atoms with Gasteiger partial charge < -0.3 is 20.3 Å². The number of hydrogen-bond donors (Lipinski definition) is 3. The number of benzene rings is 1. The summed E-state index contributed by atoms with van der Waals surface area (Å²) in [5, 5.41) is 13.7. The molecule has 12 heteroatoms. The van der Waals surface area contributed by atoms with Gasteiger partial charge in [-0.25, -0.2) is 9.18 Å². The van der Waals surface area contributed by atoms with Gasteiger partial charge in [0.25, 0.3) is 5.56 Å². The number of aliphatic carboxylic acids is 1. The molecule has 3 rings (SSSR count). The number of carboxylic acid groups (broad SMARTS) is 1. The molecule has 0 saturated heterocycles. The van der Waals surface area contributed by atoms with Crippen molar-refractivity contribution in [3.8, 4) is 0 Å². The van der Waals surface area contributed by atoms with Crippen LogP contribution in [0.15, 0.2) is 65.1 Å². The van der Waals surface area contributed by atoms with Crippen LogP contribution in [-0.2, 0) is 17.5 Å². The Labute approximate surface area is 201 Å². The Hall–Kier alpha value is -3.80. The van der Waals surface area contributed by atoms with E-state index in [4.69, 9.17) is 17.3 Å². The number of carbonyl (C=O) groups is 2. The molecule has 0 bridgehead atoms. The molecule has 0 saturated carbocycles. The number of alkyl halides is 3. The first-order valence-electron chi connectivity index (χ1n) is 10.2. The SMILES string of the molecule is O=C(O)C[C@H](NC(=O)Nc1cccn(CC2=CC=CCC2=S)c1=O)c1ccc(F)c(C(F)(F)F)c1. The second-order valence-corrected chi connectivity index (χ2v) is 8.08. The average Bonchev–Trinajstić information content (AvgIpc) is 2.76.